The molecule has 1 aromatic rings. The van der Waals surface area contributed by atoms with E-state index in [1.54, 1.807) is 0 Å². The molecule has 1 aromatic carbocycles. The number of hydrogen-bond donors (Lipinski definition) is 1. The molecule has 0 fully saturated rings. The molecular formula is C9H10FN. The Balaban J connectivity index is 2.50. The zero-order valence-corrected chi connectivity index (χ0v) is 6.23. The number of alkyl halides is 1. The Bertz CT molecular complexity index is 270. The second-order valence-corrected chi connectivity index (χ2v) is 2.75. The van der Waals surface area contributed by atoms with Crippen molar-refractivity contribution in [2.45, 2.75) is 13.1 Å². The zero-order valence-electron chi connectivity index (χ0n) is 6.23. The average Bonchev–Trinajstić information content (AvgIpc) is 2.50. The first-order valence-corrected chi connectivity index (χ1v) is 3.82. The number of fused-ring (bicyclic) bond motifs is 1. The molecule has 58 valence electrons. The minimum absolute atomic E-state index is 0.342. The number of rotatable bonds is 1. The minimum atomic E-state index is -0.342. The quantitative estimate of drug-likeness (QED) is 0.648. The van der Waals surface area contributed by atoms with Crippen LogP contribution in [0, 0.1) is 0 Å². The van der Waals surface area contributed by atoms with Crippen molar-refractivity contribution in [1.82, 2.24) is 0 Å². The first-order valence-electron chi connectivity index (χ1n) is 3.82. The van der Waals surface area contributed by atoms with Crippen LogP contribution in [0.25, 0.3) is 0 Å². The number of nitrogens with one attached hydrogen (secondary N) is 1. The van der Waals surface area contributed by atoms with Gasteiger partial charge < -0.3 is 5.32 Å². The molecule has 0 radical (unpaired) electrons. The van der Waals surface area contributed by atoms with Crippen molar-refractivity contribution in [3.63, 3.8) is 0 Å². The second kappa shape index (κ2) is 2.53. The summed E-state index contributed by atoms with van der Waals surface area (Å²) >= 11 is 0. The van der Waals surface area contributed by atoms with Gasteiger partial charge in [-0.25, -0.2) is 4.39 Å². The predicted molar refractivity (Wildman–Crippen MR) is 43.4 cm³/mol. The Kier molecular flexibility index (Phi) is 1.53. The van der Waals surface area contributed by atoms with E-state index in [0.29, 0.717) is 0 Å². The summed E-state index contributed by atoms with van der Waals surface area (Å²) in [4.78, 5) is 0. The molecule has 2 rings (SSSR count). The van der Waals surface area contributed by atoms with Crippen LogP contribution in [0.5, 0.6) is 0 Å². The summed E-state index contributed by atoms with van der Waals surface area (Å²) in [7, 11) is 0. The maximum absolute atomic E-state index is 12.4. The molecule has 0 bridgehead atoms. The van der Waals surface area contributed by atoms with Crippen molar-refractivity contribution < 1.29 is 4.39 Å². The lowest BCUT2D eigenvalue weighted by molar-refractivity contribution is 0.483. The van der Waals surface area contributed by atoms with E-state index in [1.807, 2.05) is 18.2 Å². The van der Waals surface area contributed by atoms with Gasteiger partial charge in [0, 0.05) is 12.2 Å². The van der Waals surface area contributed by atoms with Gasteiger partial charge in [-0.2, -0.15) is 0 Å². The maximum atomic E-state index is 12.4. The van der Waals surface area contributed by atoms with Crippen LogP contribution < -0.4 is 5.32 Å². The first-order chi connectivity index (χ1) is 5.42. The highest BCUT2D eigenvalue weighted by molar-refractivity contribution is 5.58. The van der Waals surface area contributed by atoms with E-state index in [4.69, 9.17) is 0 Å². The molecule has 1 nitrogen and oxygen atoms in total. The molecule has 0 saturated carbocycles. The standard InChI is InChI=1S/C9H10FN/c10-6-7-2-1-3-9-8(7)4-5-11-9/h1-3,11H,4-6H2. The molecule has 0 unspecified atom stereocenters. The number of anilines is 1. The molecule has 0 atom stereocenters. The smallest absolute Gasteiger partial charge is 0.115 e. The monoisotopic (exact) mass is 151 g/mol. The lowest BCUT2D eigenvalue weighted by Crippen LogP contribution is -1.90. The van der Waals surface area contributed by atoms with Crippen molar-refractivity contribution in [2.24, 2.45) is 0 Å². The molecular weight excluding hydrogens is 141 g/mol. The Labute approximate surface area is 65.2 Å². The molecule has 0 aromatic heterocycles. The van der Waals surface area contributed by atoms with Crippen LogP contribution in [0.3, 0.4) is 0 Å². The summed E-state index contributed by atoms with van der Waals surface area (Å²) < 4.78 is 12.4. The van der Waals surface area contributed by atoms with Crippen LogP contribution in [-0.4, -0.2) is 6.54 Å². The zero-order chi connectivity index (χ0) is 7.68. The van der Waals surface area contributed by atoms with E-state index in [9.17, 15) is 4.39 Å². The van der Waals surface area contributed by atoms with E-state index in [2.05, 4.69) is 5.32 Å². The predicted octanol–water partition coefficient (Wildman–Crippen LogP) is 2.12. The maximum Gasteiger partial charge on any atom is 0.115 e. The Morgan fingerprint density at radius 1 is 1.45 bits per heavy atom. The van der Waals surface area contributed by atoms with Crippen LogP contribution in [0.4, 0.5) is 10.1 Å². The van der Waals surface area contributed by atoms with Gasteiger partial charge in [0.2, 0.25) is 0 Å². The number of benzene rings is 1. The van der Waals surface area contributed by atoms with E-state index in [-0.39, 0.29) is 6.67 Å². The molecule has 1 aliphatic rings. The number of halogens is 1. The highest BCUT2D eigenvalue weighted by Gasteiger charge is 2.12. The minimum Gasteiger partial charge on any atom is -0.384 e. The highest BCUT2D eigenvalue weighted by atomic mass is 19.1. The van der Waals surface area contributed by atoms with E-state index in [0.717, 1.165) is 29.8 Å². The molecule has 2 heteroatoms. The van der Waals surface area contributed by atoms with Gasteiger partial charge >= 0.3 is 0 Å². The van der Waals surface area contributed by atoms with Crippen LogP contribution in [-0.2, 0) is 13.1 Å². The van der Waals surface area contributed by atoms with Gasteiger partial charge in [0.25, 0.3) is 0 Å². The largest absolute Gasteiger partial charge is 0.384 e. The first kappa shape index (κ1) is 6.65. The average molecular weight is 151 g/mol. The summed E-state index contributed by atoms with van der Waals surface area (Å²) in [6.45, 7) is 0.608. The van der Waals surface area contributed by atoms with Crippen molar-refractivity contribution >= 4 is 5.69 Å². The third-order valence-corrected chi connectivity index (χ3v) is 2.11. The second-order valence-electron chi connectivity index (χ2n) is 2.75. The van der Waals surface area contributed by atoms with Gasteiger partial charge in [-0.15, -0.1) is 0 Å². The lowest BCUT2D eigenvalue weighted by Gasteiger charge is -2.02. The third kappa shape index (κ3) is 0.985. The highest BCUT2D eigenvalue weighted by Crippen LogP contribution is 2.25. The molecule has 0 aliphatic carbocycles. The summed E-state index contributed by atoms with van der Waals surface area (Å²) in [5.41, 5.74) is 3.11. The fourth-order valence-corrected chi connectivity index (χ4v) is 1.54. The Morgan fingerprint density at radius 2 is 2.36 bits per heavy atom. The fourth-order valence-electron chi connectivity index (χ4n) is 1.54. The Morgan fingerprint density at radius 3 is 3.18 bits per heavy atom. The van der Waals surface area contributed by atoms with Gasteiger partial charge in [0.15, 0.2) is 0 Å². The normalized spacial score (nSPS) is 14.3. The van der Waals surface area contributed by atoms with E-state index >= 15 is 0 Å². The van der Waals surface area contributed by atoms with Gasteiger partial charge in [-0.3, -0.25) is 0 Å². The molecule has 11 heavy (non-hydrogen) atoms. The summed E-state index contributed by atoms with van der Waals surface area (Å²) in [5.74, 6) is 0. The van der Waals surface area contributed by atoms with Gasteiger partial charge in [-0.1, -0.05) is 12.1 Å². The van der Waals surface area contributed by atoms with Crippen LogP contribution >= 0.6 is 0 Å². The van der Waals surface area contributed by atoms with E-state index in [1.165, 1.54) is 0 Å². The van der Waals surface area contributed by atoms with Crippen LogP contribution in [0.15, 0.2) is 18.2 Å². The SMILES string of the molecule is FCc1cccc2c1CCN2. The van der Waals surface area contributed by atoms with Gasteiger partial charge in [0.1, 0.15) is 6.67 Å². The topological polar surface area (TPSA) is 12.0 Å². The summed E-state index contributed by atoms with van der Waals surface area (Å²) in [5, 5.41) is 3.21. The third-order valence-electron chi connectivity index (χ3n) is 2.11. The molecule has 0 spiro atoms. The van der Waals surface area contributed by atoms with Crippen LogP contribution in [0.1, 0.15) is 11.1 Å². The Hall–Kier alpha value is -1.05. The molecule has 1 heterocycles. The number of hydrogen-bond acceptors (Lipinski definition) is 1. The van der Waals surface area contributed by atoms with Crippen LogP contribution in [0.2, 0.25) is 0 Å². The van der Waals surface area contributed by atoms with Gasteiger partial charge in [-0.05, 0) is 23.6 Å². The fraction of sp³-hybridized carbons (Fsp3) is 0.333. The lowest BCUT2D eigenvalue weighted by atomic mass is 10.1. The van der Waals surface area contributed by atoms with Crippen molar-refractivity contribution in [3.05, 3.63) is 29.3 Å². The van der Waals surface area contributed by atoms with Crippen molar-refractivity contribution in [1.29, 1.82) is 0 Å². The molecule has 1 N–H and O–H groups in total. The molecule has 1 aliphatic heterocycles. The van der Waals surface area contributed by atoms with Crippen molar-refractivity contribution in [2.75, 3.05) is 11.9 Å². The summed E-state index contributed by atoms with van der Waals surface area (Å²) in [6.07, 6.45) is 0.968. The molecule has 0 saturated heterocycles. The van der Waals surface area contributed by atoms with Crippen molar-refractivity contribution in [3.8, 4) is 0 Å². The van der Waals surface area contributed by atoms with E-state index < -0.39 is 0 Å². The summed E-state index contributed by atoms with van der Waals surface area (Å²) in [6, 6.07) is 5.75. The molecule has 0 amide bonds. The van der Waals surface area contributed by atoms with Gasteiger partial charge in [0.05, 0.1) is 0 Å².